The minimum Gasteiger partial charge on any atom is -0.394 e. The molecule has 0 saturated carbocycles. The SMILES string of the molecule is CCCCCCC/C=C\C/C=C\CCCCCCCCCCCCCC(=O)NC(COC1OC(CO)C(OC2OC(CO)C(O)C(O)C2O)C(O)C1O)C(O)/C=C/CC/C=C/CCCCCCCCCCCCC. The Labute approximate surface area is 448 Å². The fraction of sp³-hybridized carbons (Fsp3) is 0.850. The fourth-order valence-electron chi connectivity index (χ4n) is 9.63. The Bertz CT molecular complexity index is 1430. The number of hydrogen-bond donors (Lipinski definition) is 9. The first kappa shape index (κ1) is 68.1. The Kier molecular flexibility index (Phi) is 42.2. The molecule has 14 heteroatoms. The number of carbonyl (C=O) groups is 1. The van der Waals surface area contributed by atoms with Crippen LogP contribution in [0.15, 0.2) is 48.6 Å². The number of allylic oxidation sites excluding steroid dienone is 7. The summed E-state index contributed by atoms with van der Waals surface area (Å²) in [5, 5.41) is 87.0. The van der Waals surface area contributed by atoms with Crippen LogP contribution < -0.4 is 5.32 Å². The highest BCUT2D eigenvalue weighted by Crippen LogP contribution is 2.30. The molecule has 74 heavy (non-hydrogen) atoms. The fourth-order valence-corrected chi connectivity index (χ4v) is 9.63. The lowest BCUT2D eigenvalue weighted by Crippen LogP contribution is -2.65. The smallest absolute Gasteiger partial charge is 0.220 e. The van der Waals surface area contributed by atoms with Gasteiger partial charge in [0.05, 0.1) is 32.0 Å². The zero-order valence-corrected chi connectivity index (χ0v) is 46.3. The van der Waals surface area contributed by atoms with Gasteiger partial charge in [0.15, 0.2) is 12.6 Å². The van der Waals surface area contributed by atoms with Gasteiger partial charge >= 0.3 is 0 Å². The zero-order valence-electron chi connectivity index (χ0n) is 46.3. The van der Waals surface area contributed by atoms with E-state index in [1.165, 1.54) is 161 Å². The van der Waals surface area contributed by atoms with Crippen molar-refractivity contribution in [3.8, 4) is 0 Å². The van der Waals surface area contributed by atoms with Crippen LogP contribution in [0, 0.1) is 0 Å². The first-order valence-corrected chi connectivity index (χ1v) is 29.9. The van der Waals surface area contributed by atoms with E-state index in [-0.39, 0.29) is 18.9 Å². The van der Waals surface area contributed by atoms with Crippen LogP contribution >= 0.6 is 0 Å². The Balaban J connectivity index is 1.77. The number of rotatable bonds is 47. The van der Waals surface area contributed by atoms with Crippen LogP contribution in [-0.2, 0) is 23.7 Å². The molecule has 2 saturated heterocycles. The lowest BCUT2D eigenvalue weighted by Gasteiger charge is -2.46. The molecule has 1 amide bonds. The number of aliphatic hydroxyl groups is 8. The summed E-state index contributed by atoms with van der Waals surface area (Å²) < 4.78 is 22.8. The van der Waals surface area contributed by atoms with Gasteiger partial charge in [-0.05, 0) is 64.2 Å². The van der Waals surface area contributed by atoms with E-state index in [2.05, 4.69) is 55.6 Å². The predicted octanol–water partition coefficient (Wildman–Crippen LogP) is 10.0. The molecule has 0 radical (unpaired) electrons. The van der Waals surface area contributed by atoms with Crippen molar-refractivity contribution in [2.75, 3.05) is 19.8 Å². The minimum absolute atomic E-state index is 0.251. The maximum Gasteiger partial charge on any atom is 0.220 e. The Morgan fingerprint density at radius 1 is 0.486 bits per heavy atom. The number of nitrogens with one attached hydrogen (secondary N) is 1. The van der Waals surface area contributed by atoms with Crippen LogP contribution in [0.1, 0.15) is 232 Å². The van der Waals surface area contributed by atoms with Crippen molar-refractivity contribution in [3.05, 3.63) is 48.6 Å². The van der Waals surface area contributed by atoms with Crippen molar-refractivity contribution in [1.29, 1.82) is 0 Å². The first-order valence-electron chi connectivity index (χ1n) is 29.9. The molecule has 0 bridgehead atoms. The molecule has 0 aromatic rings. The normalized spacial score (nSPS) is 25.5. The summed E-state index contributed by atoms with van der Waals surface area (Å²) in [5.74, 6) is -0.251. The summed E-state index contributed by atoms with van der Waals surface area (Å²) in [4.78, 5) is 13.3. The van der Waals surface area contributed by atoms with Crippen molar-refractivity contribution < 1.29 is 64.6 Å². The molecule has 14 nitrogen and oxygen atoms in total. The van der Waals surface area contributed by atoms with Gasteiger partial charge in [0.25, 0.3) is 0 Å². The number of ether oxygens (including phenoxy) is 4. The second-order valence-corrected chi connectivity index (χ2v) is 21.1. The largest absolute Gasteiger partial charge is 0.394 e. The summed E-state index contributed by atoms with van der Waals surface area (Å²) in [7, 11) is 0. The maximum absolute atomic E-state index is 13.3. The summed E-state index contributed by atoms with van der Waals surface area (Å²) in [5.41, 5.74) is 0. The summed E-state index contributed by atoms with van der Waals surface area (Å²) in [6, 6.07) is -0.933. The van der Waals surface area contributed by atoms with E-state index in [9.17, 15) is 45.6 Å². The quantitative estimate of drug-likeness (QED) is 0.0205. The molecule has 12 unspecified atom stereocenters. The van der Waals surface area contributed by atoms with E-state index in [0.717, 1.165) is 38.5 Å². The Hall–Kier alpha value is -2.05. The molecule has 9 N–H and O–H groups in total. The third-order valence-corrected chi connectivity index (χ3v) is 14.5. The molecule has 0 aromatic heterocycles. The molecule has 0 aromatic carbocycles. The Morgan fingerprint density at radius 2 is 0.905 bits per heavy atom. The molecule has 12 atom stereocenters. The number of unbranched alkanes of at least 4 members (excludes halogenated alkanes) is 28. The van der Waals surface area contributed by atoms with Crippen LogP contribution in [0.25, 0.3) is 0 Å². The van der Waals surface area contributed by atoms with Gasteiger partial charge in [0.1, 0.15) is 48.8 Å². The van der Waals surface area contributed by atoms with Gasteiger partial charge in [-0.3, -0.25) is 4.79 Å². The lowest BCUT2D eigenvalue weighted by atomic mass is 9.97. The van der Waals surface area contributed by atoms with Crippen molar-refractivity contribution in [2.45, 2.75) is 306 Å². The van der Waals surface area contributed by atoms with Crippen molar-refractivity contribution in [2.24, 2.45) is 0 Å². The predicted molar refractivity (Wildman–Crippen MR) is 295 cm³/mol. The van der Waals surface area contributed by atoms with Gasteiger partial charge in [-0.2, -0.15) is 0 Å². The highest BCUT2D eigenvalue weighted by Gasteiger charge is 2.51. The Morgan fingerprint density at radius 3 is 1.41 bits per heavy atom. The van der Waals surface area contributed by atoms with Gasteiger partial charge in [-0.15, -0.1) is 0 Å². The minimum atomic E-state index is -1.79. The molecule has 0 spiro atoms. The van der Waals surface area contributed by atoms with Gasteiger partial charge in [-0.25, -0.2) is 0 Å². The molecule has 2 aliphatic heterocycles. The zero-order chi connectivity index (χ0) is 53.9. The third-order valence-electron chi connectivity index (χ3n) is 14.5. The molecule has 2 rings (SSSR count). The van der Waals surface area contributed by atoms with Crippen LogP contribution in [0.3, 0.4) is 0 Å². The van der Waals surface area contributed by atoms with Crippen molar-refractivity contribution in [3.63, 3.8) is 0 Å². The lowest BCUT2D eigenvalue weighted by molar-refractivity contribution is -0.359. The van der Waals surface area contributed by atoms with Crippen molar-refractivity contribution >= 4 is 5.91 Å². The number of amides is 1. The number of hydrogen-bond acceptors (Lipinski definition) is 13. The van der Waals surface area contributed by atoms with E-state index in [0.29, 0.717) is 12.8 Å². The first-order chi connectivity index (χ1) is 36.1. The number of carbonyl (C=O) groups excluding carboxylic acids is 1. The molecular formula is C60H109NO13. The van der Waals surface area contributed by atoms with Gasteiger partial charge in [0, 0.05) is 6.42 Å². The van der Waals surface area contributed by atoms with Crippen LogP contribution in [-0.4, -0.2) is 140 Å². The average molecular weight is 1050 g/mol. The standard InChI is InChI=1S/C60H109NO13/c1-3-5-7-9-11-13-15-17-19-21-22-23-24-25-26-28-30-32-34-36-38-40-42-44-52(65)61-48(49(64)43-41-39-37-35-33-31-29-27-20-18-16-14-12-10-8-6-4-2)47-71-59-57(70)55(68)58(51(46-63)73-59)74-60-56(69)54(67)53(66)50(45-62)72-60/h15,17,21-22,33,35,41,43,48-51,53-60,62-64,66-70H,3-14,16,18-20,23-32,34,36-40,42,44-47H2,1-2H3,(H,61,65)/b17-15-,22-21-,35-33+,43-41+. The highest BCUT2D eigenvalue weighted by molar-refractivity contribution is 5.76. The van der Waals surface area contributed by atoms with Gasteiger partial charge < -0.3 is 65.1 Å². The summed E-state index contributed by atoms with van der Waals surface area (Å²) >= 11 is 0. The van der Waals surface area contributed by atoms with E-state index in [1.807, 2.05) is 6.08 Å². The molecule has 2 heterocycles. The van der Waals surface area contributed by atoms with E-state index in [1.54, 1.807) is 6.08 Å². The summed E-state index contributed by atoms with van der Waals surface area (Å²) in [6.45, 7) is 2.77. The molecule has 0 aliphatic carbocycles. The van der Waals surface area contributed by atoms with E-state index in [4.69, 9.17) is 18.9 Å². The molecule has 2 fully saturated rings. The second-order valence-electron chi connectivity index (χ2n) is 21.1. The van der Waals surface area contributed by atoms with Crippen LogP contribution in [0.5, 0.6) is 0 Å². The summed E-state index contributed by atoms with van der Waals surface area (Å²) in [6.07, 6.45) is 40.0. The van der Waals surface area contributed by atoms with Gasteiger partial charge in [-0.1, -0.05) is 210 Å². The third kappa shape index (κ3) is 31.4. The van der Waals surface area contributed by atoms with E-state index >= 15 is 0 Å². The maximum atomic E-state index is 13.3. The van der Waals surface area contributed by atoms with Crippen molar-refractivity contribution in [1.82, 2.24) is 5.32 Å². The average Bonchev–Trinajstić information content (AvgIpc) is 3.40. The van der Waals surface area contributed by atoms with Gasteiger partial charge in [0.2, 0.25) is 5.91 Å². The molecular weight excluding hydrogens is 943 g/mol. The monoisotopic (exact) mass is 1050 g/mol. The van der Waals surface area contributed by atoms with Crippen LogP contribution in [0.2, 0.25) is 0 Å². The second kappa shape index (κ2) is 45.9. The van der Waals surface area contributed by atoms with E-state index < -0.39 is 86.8 Å². The molecule has 2 aliphatic rings. The highest BCUT2D eigenvalue weighted by atomic mass is 16.7. The van der Waals surface area contributed by atoms with Crippen LogP contribution in [0.4, 0.5) is 0 Å². The topological polar surface area (TPSA) is 228 Å². The number of aliphatic hydroxyl groups excluding tert-OH is 8. The molecule has 432 valence electrons.